The zero-order valence-electron chi connectivity index (χ0n) is 12.3. The molecule has 126 valence electrons. The van der Waals surface area contributed by atoms with Gasteiger partial charge in [-0.05, 0) is 24.3 Å². The van der Waals surface area contributed by atoms with Crippen LogP contribution in [-0.2, 0) is 10.0 Å². The molecule has 0 saturated carbocycles. The first-order valence-electron chi connectivity index (χ1n) is 6.49. The van der Waals surface area contributed by atoms with Gasteiger partial charge in [0.25, 0.3) is 10.0 Å². The number of anilines is 1. The highest BCUT2D eigenvalue weighted by Gasteiger charge is 2.18. The Morgan fingerprint density at radius 2 is 1.62 bits per heavy atom. The predicted octanol–water partition coefficient (Wildman–Crippen LogP) is -0.777. The van der Waals surface area contributed by atoms with Crippen LogP contribution in [0.3, 0.4) is 0 Å². The second kappa shape index (κ2) is 6.59. The number of carboxylic acids is 2. The molecule has 9 heteroatoms. The fraction of sp³-hybridized carbons (Fsp3) is 0.0667. The van der Waals surface area contributed by atoms with E-state index in [1.807, 2.05) is 0 Å². The summed E-state index contributed by atoms with van der Waals surface area (Å²) in [5, 5.41) is 22.1. The van der Waals surface area contributed by atoms with Gasteiger partial charge in [0, 0.05) is 11.1 Å². The second-order valence-electron chi connectivity index (χ2n) is 4.59. The molecule has 8 nitrogen and oxygen atoms in total. The van der Waals surface area contributed by atoms with Gasteiger partial charge in [-0.25, -0.2) is 8.42 Å². The van der Waals surface area contributed by atoms with Crippen molar-refractivity contribution in [2.75, 3.05) is 11.8 Å². The molecule has 0 radical (unpaired) electrons. The minimum Gasteiger partial charge on any atom is -0.545 e. The van der Waals surface area contributed by atoms with E-state index in [0.717, 1.165) is 18.2 Å². The Hall–Kier alpha value is -3.07. The highest BCUT2D eigenvalue weighted by molar-refractivity contribution is 7.92. The molecule has 2 aromatic carbocycles. The summed E-state index contributed by atoms with van der Waals surface area (Å²) < 4.78 is 31.7. The maximum absolute atomic E-state index is 12.4. The quantitative estimate of drug-likeness (QED) is 0.722. The fourth-order valence-corrected chi connectivity index (χ4v) is 3.07. The van der Waals surface area contributed by atoms with Crippen LogP contribution in [0.4, 0.5) is 5.69 Å². The highest BCUT2D eigenvalue weighted by atomic mass is 32.2. The molecule has 0 aliphatic carbocycles. The van der Waals surface area contributed by atoms with Crippen LogP contribution < -0.4 is 19.7 Å². The third-order valence-corrected chi connectivity index (χ3v) is 4.46. The van der Waals surface area contributed by atoms with E-state index in [1.165, 1.54) is 31.4 Å². The lowest BCUT2D eigenvalue weighted by Crippen LogP contribution is -2.25. The molecule has 0 saturated heterocycles. The Kier molecular flexibility index (Phi) is 4.74. The second-order valence-corrected chi connectivity index (χ2v) is 6.27. The van der Waals surface area contributed by atoms with Crippen molar-refractivity contribution in [3.05, 3.63) is 53.6 Å². The van der Waals surface area contributed by atoms with E-state index < -0.39 is 32.4 Å². The van der Waals surface area contributed by atoms with E-state index in [1.54, 1.807) is 0 Å². The van der Waals surface area contributed by atoms with Crippen LogP contribution >= 0.6 is 0 Å². The van der Waals surface area contributed by atoms with Crippen molar-refractivity contribution in [1.29, 1.82) is 0 Å². The topological polar surface area (TPSA) is 136 Å². The number of hydrogen-bond donors (Lipinski definition) is 1. The van der Waals surface area contributed by atoms with Crippen molar-refractivity contribution in [3.8, 4) is 5.75 Å². The van der Waals surface area contributed by atoms with Crippen LogP contribution in [0.15, 0.2) is 47.4 Å². The van der Waals surface area contributed by atoms with E-state index in [2.05, 4.69) is 4.72 Å². The molecule has 24 heavy (non-hydrogen) atoms. The number of carbonyl (C=O) groups excluding carboxylic acids is 2. The number of nitrogens with one attached hydrogen (secondary N) is 1. The van der Waals surface area contributed by atoms with E-state index in [0.29, 0.717) is 0 Å². The first kappa shape index (κ1) is 17.3. The first-order chi connectivity index (χ1) is 11.3. The van der Waals surface area contributed by atoms with E-state index in [4.69, 9.17) is 4.74 Å². The molecule has 0 bridgehead atoms. The summed E-state index contributed by atoms with van der Waals surface area (Å²) in [6.07, 6.45) is 0. The predicted molar refractivity (Wildman–Crippen MR) is 78.9 cm³/mol. The summed E-state index contributed by atoms with van der Waals surface area (Å²) in [6, 6.07) is 8.40. The fourth-order valence-electron chi connectivity index (χ4n) is 1.97. The molecule has 0 aromatic heterocycles. The van der Waals surface area contributed by atoms with Gasteiger partial charge in [-0.3, -0.25) is 4.72 Å². The number of methoxy groups -OCH3 is 1. The summed E-state index contributed by atoms with van der Waals surface area (Å²) in [7, 11) is -3.01. The van der Waals surface area contributed by atoms with Gasteiger partial charge in [0.2, 0.25) is 0 Å². The normalized spacial score (nSPS) is 10.9. The minimum absolute atomic E-state index is 0.0657. The van der Waals surface area contributed by atoms with Gasteiger partial charge in [0.15, 0.2) is 0 Å². The number of carboxylic acid groups (broad SMARTS) is 2. The standard InChI is InChI=1S/C15H13NO7S/c1-23-13-7-6-9(8-11(13)15(19)20)24(21,22)16-12-5-3-2-4-10(12)14(17)18/h2-8,16H,1H3,(H,17,18)(H,19,20)/p-2. The maximum atomic E-state index is 12.4. The summed E-state index contributed by atoms with van der Waals surface area (Å²) in [4.78, 5) is 21.7. The third kappa shape index (κ3) is 3.46. The summed E-state index contributed by atoms with van der Waals surface area (Å²) in [5.41, 5.74) is -1.01. The number of para-hydroxylation sites is 1. The minimum atomic E-state index is -4.24. The maximum Gasteiger partial charge on any atom is 0.261 e. The van der Waals surface area contributed by atoms with Gasteiger partial charge >= 0.3 is 0 Å². The van der Waals surface area contributed by atoms with Gasteiger partial charge in [0.1, 0.15) is 5.75 Å². The molecule has 0 fully saturated rings. The van der Waals surface area contributed by atoms with Crippen LogP contribution in [0.5, 0.6) is 5.75 Å². The Bertz CT molecular complexity index is 906. The number of hydrogen-bond acceptors (Lipinski definition) is 7. The molecular formula is C15H11NO7S-2. The van der Waals surface area contributed by atoms with Crippen molar-refractivity contribution in [2.24, 2.45) is 0 Å². The van der Waals surface area contributed by atoms with Gasteiger partial charge in [-0.2, -0.15) is 0 Å². The molecule has 0 aliphatic heterocycles. The molecule has 0 spiro atoms. The van der Waals surface area contributed by atoms with Gasteiger partial charge in [-0.1, -0.05) is 18.2 Å². The Morgan fingerprint density at radius 3 is 2.21 bits per heavy atom. The number of rotatable bonds is 6. The average molecular weight is 349 g/mol. The summed E-state index contributed by atoms with van der Waals surface area (Å²) in [6.45, 7) is 0. The number of carbonyl (C=O) groups is 2. The zero-order chi connectivity index (χ0) is 17.9. The van der Waals surface area contributed by atoms with Gasteiger partial charge < -0.3 is 24.5 Å². The van der Waals surface area contributed by atoms with Crippen molar-refractivity contribution in [1.82, 2.24) is 0 Å². The molecule has 0 aliphatic rings. The number of sulfonamides is 1. The van der Waals surface area contributed by atoms with Crippen LogP contribution in [-0.4, -0.2) is 27.5 Å². The average Bonchev–Trinajstić information content (AvgIpc) is 2.54. The molecule has 0 unspecified atom stereocenters. The molecule has 0 atom stereocenters. The molecular weight excluding hydrogens is 338 g/mol. The Morgan fingerprint density at radius 1 is 1.00 bits per heavy atom. The monoisotopic (exact) mass is 349 g/mol. The SMILES string of the molecule is COc1ccc(S(=O)(=O)Nc2ccccc2C(=O)[O-])cc1C(=O)[O-]. The summed E-state index contributed by atoms with van der Waals surface area (Å²) >= 11 is 0. The lowest BCUT2D eigenvalue weighted by Gasteiger charge is -2.15. The molecule has 0 amide bonds. The number of benzene rings is 2. The van der Waals surface area contributed by atoms with E-state index in [-0.39, 0.29) is 17.0 Å². The number of aromatic carboxylic acids is 2. The van der Waals surface area contributed by atoms with Crippen molar-refractivity contribution in [3.63, 3.8) is 0 Å². The molecule has 2 aromatic rings. The molecule has 2 rings (SSSR count). The van der Waals surface area contributed by atoms with Gasteiger partial charge in [0.05, 0.1) is 29.6 Å². The zero-order valence-corrected chi connectivity index (χ0v) is 13.1. The van der Waals surface area contributed by atoms with Crippen LogP contribution in [0.2, 0.25) is 0 Å². The first-order valence-corrected chi connectivity index (χ1v) is 7.97. The Balaban J connectivity index is 2.47. The largest absolute Gasteiger partial charge is 0.545 e. The summed E-state index contributed by atoms with van der Waals surface area (Å²) in [5.74, 6) is -3.23. The van der Waals surface area contributed by atoms with Crippen LogP contribution in [0, 0.1) is 0 Å². The van der Waals surface area contributed by atoms with Crippen molar-refractivity contribution >= 4 is 27.6 Å². The highest BCUT2D eigenvalue weighted by Crippen LogP contribution is 2.24. The lowest BCUT2D eigenvalue weighted by molar-refractivity contribution is -0.256. The Labute approximate surface area is 137 Å². The molecule has 0 heterocycles. The van der Waals surface area contributed by atoms with Crippen LogP contribution in [0.1, 0.15) is 20.7 Å². The third-order valence-electron chi connectivity index (χ3n) is 3.09. The van der Waals surface area contributed by atoms with Crippen LogP contribution in [0.25, 0.3) is 0 Å². The molecule has 1 N–H and O–H groups in total. The van der Waals surface area contributed by atoms with E-state index in [9.17, 15) is 28.2 Å². The smallest absolute Gasteiger partial charge is 0.261 e. The van der Waals surface area contributed by atoms with Crippen molar-refractivity contribution < 1.29 is 33.0 Å². The van der Waals surface area contributed by atoms with Gasteiger partial charge in [-0.15, -0.1) is 0 Å². The van der Waals surface area contributed by atoms with E-state index >= 15 is 0 Å². The van der Waals surface area contributed by atoms with Crippen molar-refractivity contribution in [2.45, 2.75) is 4.90 Å². The number of ether oxygens (including phenoxy) is 1. The lowest BCUT2D eigenvalue weighted by atomic mass is 10.2.